The molecule has 20 heavy (non-hydrogen) atoms. The number of benzene rings is 1. The van der Waals surface area contributed by atoms with Gasteiger partial charge in [0.15, 0.2) is 0 Å². The Balaban J connectivity index is 2.30. The number of nitrogens with zero attached hydrogens (tertiary/aromatic N) is 1. The van der Waals surface area contributed by atoms with E-state index in [1.54, 1.807) is 11.9 Å². The number of hydrogen-bond donors (Lipinski definition) is 0. The summed E-state index contributed by atoms with van der Waals surface area (Å²) >= 11 is 3.53. The van der Waals surface area contributed by atoms with E-state index in [0.29, 0.717) is 5.75 Å². The van der Waals surface area contributed by atoms with Crippen LogP contribution in [-0.4, -0.2) is 24.5 Å². The molecule has 1 amide bonds. The topological polar surface area (TPSA) is 29.5 Å². The highest BCUT2D eigenvalue weighted by atomic mass is 79.9. The lowest BCUT2D eigenvalue weighted by atomic mass is 9.98. The van der Waals surface area contributed by atoms with Gasteiger partial charge in [0.1, 0.15) is 12.4 Å². The van der Waals surface area contributed by atoms with Gasteiger partial charge in [0.2, 0.25) is 5.91 Å². The van der Waals surface area contributed by atoms with Crippen molar-refractivity contribution in [2.24, 2.45) is 5.92 Å². The van der Waals surface area contributed by atoms with Crippen LogP contribution in [0.25, 0.3) is 5.70 Å². The van der Waals surface area contributed by atoms with Crippen molar-refractivity contribution in [1.82, 2.24) is 4.90 Å². The first-order chi connectivity index (χ1) is 9.54. The Morgan fingerprint density at radius 1 is 1.55 bits per heavy atom. The first-order valence-corrected chi connectivity index (χ1v) is 7.17. The average Bonchev–Trinajstić information content (AvgIpc) is 2.44. The first-order valence-electron chi connectivity index (χ1n) is 6.38. The molecule has 0 fully saturated rings. The van der Waals surface area contributed by atoms with Crippen LogP contribution < -0.4 is 4.74 Å². The number of amides is 1. The maximum Gasteiger partial charge on any atom is 0.229 e. The van der Waals surface area contributed by atoms with Gasteiger partial charge < -0.3 is 9.64 Å². The molecule has 1 aliphatic rings. The van der Waals surface area contributed by atoms with E-state index in [4.69, 9.17) is 11.2 Å². The van der Waals surface area contributed by atoms with Crippen LogP contribution in [0.4, 0.5) is 0 Å². The van der Waals surface area contributed by atoms with Crippen LogP contribution in [0, 0.1) is 18.3 Å². The molecule has 2 rings (SSSR count). The Morgan fingerprint density at radius 3 is 2.95 bits per heavy atom. The third kappa shape index (κ3) is 2.88. The fourth-order valence-electron chi connectivity index (χ4n) is 2.18. The Morgan fingerprint density at radius 2 is 2.30 bits per heavy atom. The second-order valence-corrected chi connectivity index (χ2v) is 5.61. The van der Waals surface area contributed by atoms with Crippen molar-refractivity contribution in [3.63, 3.8) is 0 Å². The van der Waals surface area contributed by atoms with Gasteiger partial charge in [-0.1, -0.05) is 18.9 Å². The van der Waals surface area contributed by atoms with Gasteiger partial charge in [0.25, 0.3) is 0 Å². The predicted molar refractivity (Wildman–Crippen MR) is 83.0 cm³/mol. The van der Waals surface area contributed by atoms with Crippen molar-refractivity contribution in [3.8, 4) is 18.1 Å². The fourth-order valence-corrected chi connectivity index (χ4v) is 2.75. The smallest absolute Gasteiger partial charge is 0.229 e. The SMILES string of the molecule is C#CCOc1ccc(C2=CCC(C)C(=O)N2C)c(Br)c1. The molecule has 0 bridgehead atoms. The molecule has 0 spiro atoms. The summed E-state index contributed by atoms with van der Waals surface area (Å²) < 4.78 is 6.26. The van der Waals surface area contributed by atoms with Crippen LogP contribution in [0.2, 0.25) is 0 Å². The van der Waals surface area contributed by atoms with Gasteiger partial charge in [0, 0.05) is 28.7 Å². The zero-order valence-electron chi connectivity index (χ0n) is 11.5. The second-order valence-electron chi connectivity index (χ2n) is 4.76. The van der Waals surface area contributed by atoms with E-state index in [9.17, 15) is 4.79 Å². The summed E-state index contributed by atoms with van der Waals surface area (Å²) in [5.41, 5.74) is 1.89. The molecular formula is C16H16BrNO2. The molecule has 0 N–H and O–H groups in total. The summed E-state index contributed by atoms with van der Waals surface area (Å²) in [5.74, 6) is 3.32. The van der Waals surface area contributed by atoms with Crippen molar-refractivity contribution in [3.05, 3.63) is 34.3 Å². The summed E-state index contributed by atoms with van der Waals surface area (Å²) in [6.45, 7) is 2.18. The highest BCUT2D eigenvalue weighted by Crippen LogP contribution is 2.33. The van der Waals surface area contributed by atoms with Gasteiger partial charge in [-0.3, -0.25) is 4.79 Å². The lowest BCUT2D eigenvalue weighted by Gasteiger charge is -2.29. The molecule has 104 valence electrons. The highest BCUT2D eigenvalue weighted by Gasteiger charge is 2.26. The summed E-state index contributed by atoms with van der Waals surface area (Å²) in [7, 11) is 1.80. The Labute approximate surface area is 127 Å². The first kappa shape index (κ1) is 14.7. The zero-order chi connectivity index (χ0) is 14.7. The fraction of sp³-hybridized carbons (Fsp3) is 0.312. The number of hydrogen-bond acceptors (Lipinski definition) is 2. The van der Waals surface area contributed by atoms with Crippen LogP contribution in [0.1, 0.15) is 18.9 Å². The molecule has 1 unspecified atom stereocenters. The number of halogens is 1. The average molecular weight is 334 g/mol. The molecule has 1 atom stereocenters. The van der Waals surface area contributed by atoms with E-state index < -0.39 is 0 Å². The number of rotatable bonds is 3. The third-order valence-corrected chi connectivity index (χ3v) is 3.97. The summed E-state index contributed by atoms with van der Waals surface area (Å²) in [5, 5.41) is 0. The lowest BCUT2D eigenvalue weighted by molar-refractivity contribution is -0.131. The number of allylic oxidation sites excluding steroid dienone is 1. The van der Waals surface area contributed by atoms with E-state index >= 15 is 0 Å². The molecule has 4 heteroatoms. The van der Waals surface area contributed by atoms with Crippen LogP contribution in [-0.2, 0) is 4.79 Å². The molecule has 0 aliphatic carbocycles. The van der Waals surface area contributed by atoms with E-state index in [2.05, 4.69) is 27.9 Å². The van der Waals surface area contributed by atoms with Crippen molar-refractivity contribution < 1.29 is 9.53 Å². The molecule has 0 saturated carbocycles. The van der Waals surface area contributed by atoms with Gasteiger partial charge in [-0.25, -0.2) is 0 Å². The van der Waals surface area contributed by atoms with Crippen LogP contribution >= 0.6 is 15.9 Å². The van der Waals surface area contributed by atoms with Crippen LogP contribution in [0.3, 0.4) is 0 Å². The monoisotopic (exact) mass is 333 g/mol. The van der Waals surface area contributed by atoms with Crippen molar-refractivity contribution >= 4 is 27.5 Å². The number of carbonyl (C=O) groups is 1. The normalized spacial score (nSPS) is 18.5. The zero-order valence-corrected chi connectivity index (χ0v) is 13.1. The minimum atomic E-state index is 0.0424. The van der Waals surface area contributed by atoms with E-state index in [1.807, 2.05) is 25.1 Å². The van der Waals surface area contributed by atoms with Crippen molar-refractivity contribution in [1.29, 1.82) is 0 Å². The Bertz CT molecular complexity index is 601. The largest absolute Gasteiger partial charge is 0.481 e. The van der Waals surface area contributed by atoms with Crippen molar-refractivity contribution in [2.75, 3.05) is 13.7 Å². The maximum atomic E-state index is 12.1. The number of terminal acetylenes is 1. The molecule has 1 aromatic carbocycles. The number of ether oxygens (including phenoxy) is 1. The van der Waals surface area contributed by atoms with E-state index in [-0.39, 0.29) is 18.4 Å². The molecule has 1 heterocycles. The summed E-state index contributed by atoms with van der Waals surface area (Å²) in [6.07, 6.45) is 8.02. The van der Waals surface area contributed by atoms with E-state index in [0.717, 1.165) is 22.2 Å². The summed E-state index contributed by atoms with van der Waals surface area (Å²) in [4.78, 5) is 13.8. The molecule has 3 nitrogen and oxygen atoms in total. The van der Waals surface area contributed by atoms with E-state index in [1.165, 1.54) is 0 Å². The minimum absolute atomic E-state index is 0.0424. The van der Waals surface area contributed by atoms with Gasteiger partial charge >= 0.3 is 0 Å². The van der Waals surface area contributed by atoms with Crippen LogP contribution in [0.5, 0.6) is 5.75 Å². The molecule has 1 aliphatic heterocycles. The lowest BCUT2D eigenvalue weighted by Crippen LogP contribution is -2.33. The Kier molecular flexibility index (Phi) is 4.51. The molecule has 0 saturated heterocycles. The quantitative estimate of drug-likeness (QED) is 0.794. The van der Waals surface area contributed by atoms with Gasteiger partial charge in [0.05, 0.1) is 0 Å². The maximum absolute atomic E-state index is 12.1. The highest BCUT2D eigenvalue weighted by molar-refractivity contribution is 9.10. The number of carbonyl (C=O) groups excluding carboxylic acids is 1. The standard InChI is InChI=1S/C16H16BrNO2/c1-4-9-20-12-6-7-13(14(17)10-12)15-8-5-11(2)16(19)18(15)3/h1,6-8,10-11H,5,9H2,2-3H3. The molecule has 0 aromatic heterocycles. The van der Waals surface area contributed by atoms with Gasteiger partial charge in [-0.2, -0.15) is 0 Å². The van der Waals surface area contributed by atoms with Crippen LogP contribution in [0.15, 0.2) is 28.7 Å². The van der Waals surface area contributed by atoms with Gasteiger partial charge in [-0.15, -0.1) is 6.42 Å². The minimum Gasteiger partial charge on any atom is -0.481 e. The molecule has 1 aromatic rings. The summed E-state index contributed by atoms with van der Waals surface area (Å²) in [6, 6.07) is 5.65. The Hall–Kier alpha value is -1.73. The van der Waals surface area contributed by atoms with Gasteiger partial charge in [-0.05, 0) is 40.5 Å². The molecule has 0 radical (unpaired) electrons. The second kappa shape index (κ2) is 6.15. The molecular weight excluding hydrogens is 318 g/mol. The van der Waals surface area contributed by atoms with Crippen molar-refractivity contribution in [2.45, 2.75) is 13.3 Å². The third-order valence-electron chi connectivity index (χ3n) is 3.32. The predicted octanol–water partition coefficient (Wildman–Crippen LogP) is 3.30.